The Labute approximate surface area is 131 Å². The van der Waals surface area contributed by atoms with Gasteiger partial charge in [-0.2, -0.15) is 4.98 Å². The minimum absolute atomic E-state index is 0.0923. The molecule has 1 aliphatic rings. The SMILES string of the molecule is COc1ccc(-c2noc(CC3CNCCO3)n2)cc1Br. The fourth-order valence-corrected chi connectivity index (χ4v) is 2.75. The van der Waals surface area contributed by atoms with Crippen LogP contribution in [0.4, 0.5) is 0 Å². The molecule has 0 spiro atoms. The lowest BCUT2D eigenvalue weighted by Gasteiger charge is -2.21. The normalized spacial score (nSPS) is 18.7. The number of morpholine rings is 1. The van der Waals surface area contributed by atoms with E-state index in [-0.39, 0.29) is 6.10 Å². The van der Waals surface area contributed by atoms with Gasteiger partial charge in [0.25, 0.3) is 0 Å². The number of benzene rings is 1. The summed E-state index contributed by atoms with van der Waals surface area (Å²) in [6.07, 6.45) is 0.715. The molecule has 0 saturated carbocycles. The van der Waals surface area contributed by atoms with Gasteiger partial charge in [-0.3, -0.25) is 0 Å². The number of aromatic nitrogens is 2. The third-order valence-electron chi connectivity index (χ3n) is 3.28. The van der Waals surface area contributed by atoms with Crippen LogP contribution in [0.3, 0.4) is 0 Å². The van der Waals surface area contributed by atoms with Gasteiger partial charge in [-0.25, -0.2) is 0 Å². The Morgan fingerprint density at radius 2 is 2.38 bits per heavy atom. The smallest absolute Gasteiger partial charge is 0.229 e. The van der Waals surface area contributed by atoms with Crippen LogP contribution in [0.15, 0.2) is 27.2 Å². The number of nitrogens with one attached hydrogen (secondary N) is 1. The van der Waals surface area contributed by atoms with E-state index in [1.807, 2.05) is 18.2 Å². The van der Waals surface area contributed by atoms with Gasteiger partial charge in [0.2, 0.25) is 11.7 Å². The first-order chi connectivity index (χ1) is 10.3. The maximum absolute atomic E-state index is 5.63. The number of hydrogen-bond donors (Lipinski definition) is 1. The molecular formula is C14H16BrN3O3. The molecule has 1 N–H and O–H groups in total. The Bertz CT molecular complexity index is 611. The zero-order valence-corrected chi connectivity index (χ0v) is 13.2. The van der Waals surface area contributed by atoms with Crippen LogP contribution in [0, 0.1) is 0 Å². The Kier molecular flexibility index (Phi) is 4.52. The standard InChI is InChI=1S/C14H16BrN3O3/c1-19-12-3-2-9(6-11(12)15)14-17-13(21-18-14)7-10-8-16-4-5-20-10/h2-3,6,10,16H,4-5,7-8H2,1H3. The molecule has 0 aliphatic carbocycles. The minimum Gasteiger partial charge on any atom is -0.496 e. The third kappa shape index (κ3) is 3.42. The first-order valence-corrected chi connectivity index (χ1v) is 7.54. The molecule has 112 valence electrons. The van der Waals surface area contributed by atoms with Crippen LogP contribution in [0.25, 0.3) is 11.4 Å². The third-order valence-corrected chi connectivity index (χ3v) is 3.90. The van der Waals surface area contributed by atoms with E-state index >= 15 is 0 Å². The summed E-state index contributed by atoms with van der Waals surface area (Å²) in [7, 11) is 1.63. The van der Waals surface area contributed by atoms with E-state index < -0.39 is 0 Å². The maximum atomic E-state index is 5.63. The molecule has 1 saturated heterocycles. The number of nitrogens with zero attached hydrogens (tertiary/aromatic N) is 2. The van der Waals surface area contributed by atoms with E-state index in [0.29, 0.717) is 18.1 Å². The Balaban J connectivity index is 1.73. The van der Waals surface area contributed by atoms with Crippen LogP contribution in [-0.2, 0) is 11.2 Å². The Morgan fingerprint density at radius 3 is 3.10 bits per heavy atom. The van der Waals surface area contributed by atoms with Crippen molar-refractivity contribution in [1.82, 2.24) is 15.5 Å². The molecule has 1 aromatic heterocycles. The molecule has 21 heavy (non-hydrogen) atoms. The van der Waals surface area contributed by atoms with Gasteiger partial charge in [-0.05, 0) is 34.1 Å². The summed E-state index contributed by atoms with van der Waals surface area (Å²) in [5, 5.41) is 7.30. The number of methoxy groups -OCH3 is 1. The molecule has 6 nitrogen and oxygen atoms in total. The van der Waals surface area contributed by atoms with Crippen molar-refractivity contribution in [1.29, 1.82) is 0 Å². The number of halogens is 1. The maximum Gasteiger partial charge on any atom is 0.229 e. The second-order valence-corrected chi connectivity index (χ2v) is 5.62. The van der Waals surface area contributed by atoms with E-state index in [2.05, 4.69) is 31.4 Å². The van der Waals surface area contributed by atoms with E-state index in [1.54, 1.807) is 7.11 Å². The van der Waals surface area contributed by atoms with Crippen LogP contribution < -0.4 is 10.1 Å². The molecule has 1 atom stereocenters. The highest BCUT2D eigenvalue weighted by Gasteiger charge is 2.18. The highest BCUT2D eigenvalue weighted by molar-refractivity contribution is 9.10. The van der Waals surface area contributed by atoms with Crippen molar-refractivity contribution in [2.45, 2.75) is 12.5 Å². The van der Waals surface area contributed by atoms with Crippen LogP contribution >= 0.6 is 15.9 Å². The molecule has 1 fully saturated rings. The highest BCUT2D eigenvalue weighted by atomic mass is 79.9. The van der Waals surface area contributed by atoms with Crippen molar-refractivity contribution >= 4 is 15.9 Å². The lowest BCUT2D eigenvalue weighted by Crippen LogP contribution is -2.39. The molecule has 0 radical (unpaired) electrons. The van der Waals surface area contributed by atoms with E-state index in [4.69, 9.17) is 14.0 Å². The fraction of sp³-hybridized carbons (Fsp3) is 0.429. The summed E-state index contributed by atoms with van der Waals surface area (Å²) in [5.74, 6) is 1.92. The Morgan fingerprint density at radius 1 is 1.48 bits per heavy atom. The van der Waals surface area contributed by atoms with Crippen molar-refractivity contribution in [2.75, 3.05) is 26.8 Å². The van der Waals surface area contributed by atoms with Gasteiger partial charge in [0.1, 0.15) is 5.75 Å². The second kappa shape index (κ2) is 6.55. The topological polar surface area (TPSA) is 69.4 Å². The first kappa shape index (κ1) is 14.5. The van der Waals surface area contributed by atoms with Crippen molar-refractivity contribution < 1.29 is 14.0 Å². The van der Waals surface area contributed by atoms with E-state index in [9.17, 15) is 0 Å². The predicted octanol–water partition coefficient (Wildman–Crippen LogP) is 2.04. The van der Waals surface area contributed by atoms with Gasteiger partial charge in [-0.1, -0.05) is 5.16 Å². The molecule has 0 bridgehead atoms. The monoisotopic (exact) mass is 353 g/mol. The molecule has 3 rings (SSSR count). The largest absolute Gasteiger partial charge is 0.496 e. The molecule has 1 unspecified atom stereocenters. The van der Waals surface area contributed by atoms with E-state index in [1.165, 1.54) is 0 Å². The van der Waals surface area contributed by atoms with Crippen LogP contribution in [0.2, 0.25) is 0 Å². The minimum atomic E-state index is 0.0923. The van der Waals surface area contributed by atoms with Crippen molar-refractivity contribution in [3.05, 3.63) is 28.6 Å². The lowest BCUT2D eigenvalue weighted by atomic mass is 10.2. The number of hydrogen-bond acceptors (Lipinski definition) is 6. The molecule has 2 heterocycles. The van der Waals surface area contributed by atoms with Crippen LogP contribution in [-0.4, -0.2) is 43.1 Å². The average Bonchev–Trinajstić information content (AvgIpc) is 2.97. The fourth-order valence-electron chi connectivity index (χ4n) is 2.21. The van der Waals surface area contributed by atoms with Gasteiger partial charge < -0.3 is 19.3 Å². The van der Waals surface area contributed by atoms with Gasteiger partial charge in [-0.15, -0.1) is 0 Å². The van der Waals surface area contributed by atoms with Crippen molar-refractivity contribution in [3.63, 3.8) is 0 Å². The number of ether oxygens (including phenoxy) is 2. The van der Waals surface area contributed by atoms with Gasteiger partial charge in [0.15, 0.2) is 0 Å². The van der Waals surface area contributed by atoms with Gasteiger partial charge in [0.05, 0.1) is 30.7 Å². The summed E-state index contributed by atoms with van der Waals surface area (Å²) in [6, 6.07) is 5.67. The molecular weight excluding hydrogens is 338 g/mol. The summed E-state index contributed by atoms with van der Waals surface area (Å²) < 4.78 is 17.0. The Hall–Kier alpha value is -1.44. The highest BCUT2D eigenvalue weighted by Crippen LogP contribution is 2.29. The van der Waals surface area contributed by atoms with Crippen LogP contribution in [0.5, 0.6) is 5.75 Å². The van der Waals surface area contributed by atoms with Crippen LogP contribution in [0.1, 0.15) is 5.89 Å². The number of rotatable bonds is 4. The quantitative estimate of drug-likeness (QED) is 0.906. The first-order valence-electron chi connectivity index (χ1n) is 6.75. The van der Waals surface area contributed by atoms with Crippen molar-refractivity contribution in [3.8, 4) is 17.1 Å². The second-order valence-electron chi connectivity index (χ2n) is 4.76. The molecule has 7 heteroatoms. The zero-order chi connectivity index (χ0) is 14.7. The molecule has 1 aliphatic heterocycles. The predicted molar refractivity (Wildman–Crippen MR) is 80.3 cm³/mol. The van der Waals surface area contributed by atoms with Gasteiger partial charge in [0, 0.05) is 18.7 Å². The molecule has 1 aromatic carbocycles. The summed E-state index contributed by atoms with van der Waals surface area (Å²) in [5.41, 5.74) is 0.875. The zero-order valence-electron chi connectivity index (χ0n) is 11.6. The summed E-state index contributed by atoms with van der Waals surface area (Å²) >= 11 is 3.45. The van der Waals surface area contributed by atoms with E-state index in [0.717, 1.165) is 35.5 Å². The summed E-state index contributed by atoms with van der Waals surface area (Å²) in [6.45, 7) is 2.42. The lowest BCUT2D eigenvalue weighted by molar-refractivity contribution is 0.0246. The summed E-state index contributed by atoms with van der Waals surface area (Å²) in [4.78, 5) is 4.42. The van der Waals surface area contributed by atoms with Crippen molar-refractivity contribution in [2.24, 2.45) is 0 Å². The molecule has 2 aromatic rings. The van der Waals surface area contributed by atoms with Gasteiger partial charge >= 0.3 is 0 Å². The molecule has 0 amide bonds. The average molecular weight is 354 g/mol.